The van der Waals surface area contributed by atoms with Crippen LogP contribution in [0.3, 0.4) is 0 Å². The summed E-state index contributed by atoms with van der Waals surface area (Å²) >= 11 is 0. The van der Waals surface area contributed by atoms with Gasteiger partial charge in [0.15, 0.2) is 5.58 Å². The van der Waals surface area contributed by atoms with Gasteiger partial charge in [0.1, 0.15) is 11.5 Å². The summed E-state index contributed by atoms with van der Waals surface area (Å²) in [5, 5.41) is 10.3. The van der Waals surface area contributed by atoms with E-state index in [1.807, 2.05) is 0 Å². The molecule has 1 aromatic carbocycles. The van der Waals surface area contributed by atoms with Gasteiger partial charge in [-0.15, -0.1) is 0 Å². The molecule has 3 rings (SSSR count). The highest BCUT2D eigenvalue weighted by atomic mass is 19.1. The Morgan fingerprint density at radius 1 is 1.41 bits per heavy atom. The van der Waals surface area contributed by atoms with Gasteiger partial charge in [0.25, 0.3) is 0 Å². The SMILES string of the molecule is C[C@@H]1CC=CC[C@H]1NC(=O)NCc1noc2cc(F)ccc12. The highest BCUT2D eigenvalue weighted by Crippen LogP contribution is 2.20. The van der Waals surface area contributed by atoms with Crippen molar-refractivity contribution >= 4 is 17.0 Å². The number of hydrogen-bond donors (Lipinski definition) is 2. The number of urea groups is 1. The van der Waals surface area contributed by atoms with Crippen molar-refractivity contribution < 1.29 is 13.7 Å². The number of hydrogen-bond acceptors (Lipinski definition) is 3. The molecule has 0 bridgehead atoms. The smallest absolute Gasteiger partial charge is 0.315 e. The third-order valence-electron chi connectivity index (χ3n) is 3.99. The number of nitrogens with one attached hydrogen (secondary N) is 2. The lowest BCUT2D eigenvalue weighted by atomic mass is 9.91. The van der Waals surface area contributed by atoms with Gasteiger partial charge >= 0.3 is 6.03 Å². The van der Waals surface area contributed by atoms with Gasteiger partial charge in [0.05, 0.1) is 6.54 Å². The monoisotopic (exact) mass is 303 g/mol. The highest BCUT2D eigenvalue weighted by Gasteiger charge is 2.20. The molecule has 0 saturated heterocycles. The maximum atomic E-state index is 13.1. The zero-order valence-electron chi connectivity index (χ0n) is 12.3. The van der Waals surface area contributed by atoms with Gasteiger partial charge in [-0.05, 0) is 30.9 Å². The number of amides is 2. The largest absolute Gasteiger partial charge is 0.356 e. The quantitative estimate of drug-likeness (QED) is 0.856. The summed E-state index contributed by atoms with van der Waals surface area (Å²) in [6, 6.07) is 4.14. The van der Waals surface area contributed by atoms with Crippen LogP contribution in [-0.2, 0) is 6.54 Å². The number of carbonyl (C=O) groups excluding carboxylic acids is 1. The van der Waals surface area contributed by atoms with E-state index in [9.17, 15) is 9.18 Å². The molecule has 1 aliphatic carbocycles. The molecule has 2 atom stereocenters. The van der Waals surface area contributed by atoms with Gasteiger partial charge in [0, 0.05) is 17.5 Å². The van der Waals surface area contributed by atoms with Crippen molar-refractivity contribution in [2.75, 3.05) is 0 Å². The number of carbonyl (C=O) groups is 1. The fourth-order valence-corrected chi connectivity index (χ4v) is 2.63. The van der Waals surface area contributed by atoms with Gasteiger partial charge in [-0.3, -0.25) is 0 Å². The molecule has 22 heavy (non-hydrogen) atoms. The van der Waals surface area contributed by atoms with Crippen molar-refractivity contribution in [1.29, 1.82) is 0 Å². The fourth-order valence-electron chi connectivity index (χ4n) is 2.63. The summed E-state index contributed by atoms with van der Waals surface area (Å²) in [7, 11) is 0. The zero-order chi connectivity index (χ0) is 15.5. The molecule has 1 heterocycles. The second-order valence-electron chi connectivity index (χ2n) is 5.62. The molecule has 1 aromatic heterocycles. The standard InChI is InChI=1S/C16H18FN3O2/c1-10-4-2-3-5-13(10)19-16(21)18-9-14-12-7-6-11(17)8-15(12)22-20-14/h2-3,6-8,10,13H,4-5,9H2,1H3,(H2,18,19,21)/t10-,13-/m1/s1. The molecule has 1 aliphatic rings. The van der Waals surface area contributed by atoms with E-state index in [4.69, 9.17) is 4.52 Å². The average Bonchev–Trinajstić information content (AvgIpc) is 2.89. The summed E-state index contributed by atoms with van der Waals surface area (Å²) in [5.41, 5.74) is 0.963. The minimum absolute atomic E-state index is 0.146. The molecule has 0 fully saturated rings. The number of rotatable bonds is 3. The maximum absolute atomic E-state index is 13.1. The Kier molecular flexibility index (Phi) is 4.09. The molecule has 0 saturated carbocycles. The summed E-state index contributed by atoms with van der Waals surface area (Å²) in [4.78, 5) is 12.0. The third-order valence-corrected chi connectivity index (χ3v) is 3.99. The van der Waals surface area contributed by atoms with E-state index < -0.39 is 0 Å². The van der Waals surface area contributed by atoms with Crippen LogP contribution in [-0.4, -0.2) is 17.2 Å². The van der Waals surface area contributed by atoms with Crippen LogP contribution in [0.5, 0.6) is 0 Å². The van der Waals surface area contributed by atoms with E-state index in [-0.39, 0.29) is 24.4 Å². The first-order chi connectivity index (χ1) is 10.6. The van der Waals surface area contributed by atoms with E-state index in [1.54, 1.807) is 6.07 Å². The lowest BCUT2D eigenvalue weighted by Crippen LogP contribution is -2.45. The number of nitrogens with zero attached hydrogens (tertiary/aromatic N) is 1. The molecule has 0 spiro atoms. The fraction of sp³-hybridized carbons (Fsp3) is 0.375. The van der Waals surface area contributed by atoms with Crippen molar-refractivity contribution in [3.05, 3.63) is 41.9 Å². The first-order valence-electron chi connectivity index (χ1n) is 7.36. The van der Waals surface area contributed by atoms with Crippen LogP contribution < -0.4 is 10.6 Å². The van der Waals surface area contributed by atoms with E-state index in [0.717, 1.165) is 12.8 Å². The summed E-state index contributed by atoms with van der Waals surface area (Å²) in [6.45, 7) is 2.36. The van der Waals surface area contributed by atoms with Gasteiger partial charge in [-0.25, -0.2) is 9.18 Å². The Labute approximate surface area is 127 Å². The Bertz CT molecular complexity index is 710. The van der Waals surface area contributed by atoms with Crippen molar-refractivity contribution in [2.45, 2.75) is 32.4 Å². The predicted octanol–water partition coefficient (Wildman–Crippen LogP) is 3.12. The Balaban J connectivity index is 1.59. The molecule has 116 valence electrons. The third kappa shape index (κ3) is 3.10. The lowest BCUT2D eigenvalue weighted by molar-refractivity contribution is 0.230. The van der Waals surface area contributed by atoms with Gasteiger partial charge in [0.2, 0.25) is 0 Å². The van der Waals surface area contributed by atoms with Gasteiger partial charge in [-0.2, -0.15) is 0 Å². The lowest BCUT2D eigenvalue weighted by Gasteiger charge is -2.26. The van der Waals surface area contributed by atoms with Crippen LogP contribution in [0, 0.1) is 11.7 Å². The Morgan fingerprint density at radius 3 is 3.05 bits per heavy atom. The summed E-state index contributed by atoms with van der Waals surface area (Å²) in [6.07, 6.45) is 6.05. The van der Waals surface area contributed by atoms with Crippen molar-refractivity contribution in [3.63, 3.8) is 0 Å². The van der Waals surface area contributed by atoms with Crippen LogP contribution in [0.4, 0.5) is 9.18 Å². The molecule has 2 amide bonds. The van der Waals surface area contributed by atoms with E-state index in [1.165, 1.54) is 12.1 Å². The van der Waals surface area contributed by atoms with Crippen LogP contribution in [0.1, 0.15) is 25.5 Å². The Morgan fingerprint density at radius 2 is 2.23 bits per heavy atom. The van der Waals surface area contributed by atoms with Gasteiger partial charge in [-0.1, -0.05) is 24.2 Å². The van der Waals surface area contributed by atoms with E-state index >= 15 is 0 Å². The first-order valence-corrected chi connectivity index (χ1v) is 7.36. The normalized spacial score (nSPS) is 21.0. The number of allylic oxidation sites excluding steroid dienone is 1. The van der Waals surface area contributed by atoms with Crippen LogP contribution in [0.25, 0.3) is 11.0 Å². The number of halogens is 1. The van der Waals surface area contributed by atoms with Crippen molar-refractivity contribution in [3.8, 4) is 0 Å². The molecule has 0 unspecified atom stereocenters. The number of fused-ring (bicyclic) bond motifs is 1. The predicted molar refractivity (Wildman–Crippen MR) is 80.7 cm³/mol. The van der Waals surface area contributed by atoms with Gasteiger partial charge < -0.3 is 15.2 Å². The van der Waals surface area contributed by atoms with Crippen molar-refractivity contribution in [2.24, 2.45) is 5.92 Å². The second kappa shape index (κ2) is 6.17. The van der Waals surface area contributed by atoms with Crippen LogP contribution in [0.2, 0.25) is 0 Å². The molecule has 0 radical (unpaired) electrons. The second-order valence-corrected chi connectivity index (χ2v) is 5.62. The minimum Gasteiger partial charge on any atom is -0.356 e. The number of benzene rings is 1. The highest BCUT2D eigenvalue weighted by molar-refractivity contribution is 5.80. The molecular weight excluding hydrogens is 285 g/mol. The molecule has 2 N–H and O–H groups in total. The van der Waals surface area contributed by atoms with E-state index in [0.29, 0.717) is 22.6 Å². The minimum atomic E-state index is -0.375. The molecule has 0 aliphatic heterocycles. The maximum Gasteiger partial charge on any atom is 0.315 e. The zero-order valence-corrected chi connectivity index (χ0v) is 12.3. The molecule has 5 nitrogen and oxygen atoms in total. The average molecular weight is 303 g/mol. The first kappa shape index (κ1) is 14.6. The topological polar surface area (TPSA) is 67.2 Å². The molecule has 6 heteroatoms. The van der Waals surface area contributed by atoms with Crippen LogP contribution in [0.15, 0.2) is 34.9 Å². The molecular formula is C16H18FN3O2. The van der Waals surface area contributed by atoms with E-state index in [2.05, 4.69) is 34.9 Å². The summed E-state index contributed by atoms with van der Waals surface area (Å²) in [5.74, 6) is 0.0480. The van der Waals surface area contributed by atoms with Crippen LogP contribution >= 0.6 is 0 Å². The Hall–Kier alpha value is -2.37. The molecule has 2 aromatic rings. The summed E-state index contributed by atoms with van der Waals surface area (Å²) < 4.78 is 18.1. The number of aromatic nitrogens is 1. The van der Waals surface area contributed by atoms with Crippen molar-refractivity contribution in [1.82, 2.24) is 15.8 Å².